The van der Waals surface area contributed by atoms with Gasteiger partial charge in [-0.3, -0.25) is 0 Å². The topological polar surface area (TPSA) is 63.8 Å². The van der Waals surface area contributed by atoms with Crippen molar-refractivity contribution in [3.63, 3.8) is 0 Å². The average molecular weight is 318 g/mol. The predicted octanol–water partition coefficient (Wildman–Crippen LogP) is 3.68. The van der Waals surface area contributed by atoms with Crippen molar-refractivity contribution in [2.45, 2.75) is 37.2 Å². The van der Waals surface area contributed by atoms with Crippen LogP contribution in [0.15, 0.2) is 20.7 Å². The highest BCUT2D eigenvalue weighted by molar-refractivity contribution is 7.99. The van der Waals surface area contributed by atoms with Crippen molar-refractivity contribution < 1.29 is 17.6 Å². The first kappa shape index (κ1) is 15.6. The number of nitrogens with one attached hydrogen (secondary N) is 1. The van der Waals surface area contributed by atoms with Gasteiger partial charge in [0.2, 0.25) is 5.82 Å². The van der Waals surface area contributed by atoms with Gasteiger partial charge >= 0.3 is 6.18 Å². The molecule has 0 aliphatic rings. The SMILES string of the molecule is CCNc1cc(Sc2nc(C)c(C)o2)nc(C(F)(F)F)n1. The third kappa shape index (κ3) is 3.87. The second kappa shape index (κ2) is 5.92. The number of hydrogen-bond donors (Lipinski definition) is 1. The number of halogens is 3. The van der Waals surface area contributed by atoms with Crippen molar-refractivity contribution in [3.05, 3.63) is 23.3 Å². The molecule has 0 saturated carbocycles. The summed E-state index contributed by atoms with van der Waals surface area (Å²) in [6.45, 7) is 5.71. The molecule has 9 heteroatoms. The van der Waals surface area contributed by atoms with Crippen LogP contribution in [0.3, 0.4) is 0 Å². The second-order valence-electron chi connectivity index (χ2n) is 4.17. The number of aromatic nitrogens is 3. The van der Waals surface area contributed by atoms with E-state index in [0.717, 1.165) is 11.8 Å². The van der Waals surface area contributed by atoms with Gasteiger partial charge in [-0.05, 0) is 32.5 Å². The van der Waals surface area contributed by atoms with Crippen molar-refractivity contribution in [2.75, 3.05) is 11.9 Å². The summed E-state index contributed by atoms with van der Waals surface area (Å²) >= 11 is 0.924. The number of aryl methyl sites for hydroxylation is 2. The quantitative estimate of drug-likeness (QED) is 0.868. The maximum atomic E-state index is 12.8. The molecule has 0 unspecified atom stereocenters. The number of hydrogen-bond acceptors (Lipinski definition) is 6. The molecule has 0 radical (unpaired) electrons. The Bertz CT molecular complexity index is 622. The summed E-state index contributed by atoms with van der Waals surface area (Å²) in [6.07, 6.45) is -4.61. The molecule has 0 atom stereocenters. The van der Waals surface area contributed by atoms with Crippen LogP contribution in [0.2, 0.25) is 0 Å². The molecule has 21 heavy (non-hydrogen) atoms. The Kier molecular flexibility index (Phi) is 4.40. The van der Waals surface area contributed by atoms with Crippen LogP contribution in [0.5, 0.6) is 0 Å². The highest BCUT2D eigenvalue weighted by Gasteiger charge is 2.35. The van der Waals surface area contributed by atoms with Crippen LogP contribution in [-0.2, 0) is 6.18 Å². The summed E-state index contributed by atoms with van der Waals surface area (Å²) in [6, 6.07) is 1.43. The van der Waals surface area contributed by atoms with Gasteiger partial charge in [0.25, 0.3) is 5.22 Å². The maximum Gasteiger partial charge on any atom is 0.451 e. The minimum atomic E-state index is -4.61. The van der Waals surface area contributed by atoms with E-state index in [1.165, 1.54) is 6.07 Å². The normalized spacial score (nSPS) is 11.7. The number of anilines is 1. The Morgan fingerprint density at radius 1 is 1.24 bits per heavy atom. The molecular weight excluding hydrogens is 305 g/mol. The van der Waals surface area contributed by atoms with Crippen LogP contribution in [0, 0.1) is 13.8 Å². The smallest absolute Gasteiger partial charge is 0.436 e. The zero-order valence-electron chi connectivity index (χ0n) is 11.6. The molecule has 0 fully saturated rings. The lowest BCUT2D eigenvalue weighted by atomic mass is 10.4. The molecule has 0 aromatic carbocycles. The van der Waals surface area contributed by atoms with E-state index in [1.807, 2.05) is 0 Å². The third-order valence-corrected chi connectivity index (χ3v) is 3.28. The summed E-state index contributed by atoms with van der Waals surface area (Å²) in [5, 5.41) is 3.12. The van der Waals surface area contributed by atoms with Gasteiger partial charge in [0.1, 0.15) is 16.6 Å². The molecule has 1 N–H and O–H groups in total. The van der Waals surface area contributed by atoms with E-state index in [0.29, 0.717) is 18.0 Å². The van der Waals surface area contributed by atoms with Gasteiger partial charge < -0.3 is 9.73 Å². The maximum absolute atomic E-state index is 12.8. The van der Waals surface area contributed by atoms with Crippen LogP contribution < -0.4 is 5.32 Å². The lowest BCUT2D eigenvalue weighted by Crippen LogP contribution is -2.13. The first-order valence-electron chi connectivity index (χ1n) is 6.11. The number of nitrogens with zero attached hydrogens (tertiary/aromatic N) is 3. The molecule has 2 rings (SSSR count). The Balaban J connectivity index is 2.35. The van der Waals surface area contributed by atoms with E-state index in [2.05, 4.69) is 20.3 Å². The van der Waals surface area contributed by atoms with E-state index in [4.69, 9.17) is 4.42 Å². The monoisotopic (exact) mass is 318 g/mol. The van der Waals surface area contributed by atoms with Gasteiger partial charge in [0.05, 0.1) is 5.69 Å². The van der Waals surface area contributed by atoms with Crippen molar-refractivity contribution in [1.29, 1.82) is 0 Å². The molecule has 0 saturated heterocycles. The molecule has 0 spiro atoms. The van der Waals surface area contributed by atoms with Crippen molar-refractivity contribution in [2.24, 2.45) is 0 Å². The minimum Gasteiger partial charge on any atom is -0.436 e. The van der Waals surface area contributed by atoms with E-state index >= 15 is 0 Å². The molecule has 2 aromatic rings. The van der Waals surface area contributed by atoms with E-state index in [1.54, 1.807) is 20.8 Å². The predicted molar refractivity (Wildman–Crippen MR) is 71.3 cm³/mol. The summed E-state index contributed by atoms with van der Waals surface area (Å²) in [5.41, 5.74) is 0.689. The fourth-order valence-electron chi connectivity index (χ4n) is 1.45. The molecule has 2 heterocycles. The fraction of sp³-hybridized carbons (Fsp3) is 0.417. The molecular formula is C12H13F3N4OS. The lowest BCUT2D eigenvalue weighted by Gasteiger charge is -2.09. The Morgan fingerprint density at radius 2 is 1.95 bits per heavy atom. The number of alkyl halides is 3. The largest absolute Gasteiger partial charge is 0.451 e. The highest BCUT2D eigenvalue weighted by atomic mass is 32.2. The van der Waals surface area contributed by atoms with Gasteiger partial charge in [-0.15, -0.1) is 0 Å². The van der Waals surface area contributed by atoms with Gasteiger partial charge in [0, 0.05) is 12.6 Å². The molecule has 0 amide bonds. The van der Waals surface area contributed by atoms with Gasteiger partial charge in [0.15, 0.2) is 0 Å². The molecule has 0 aliphatic heterocycles. The Morgan fingerprint density at radius 3 is 2.48 bits per heavy atom. The highest BCUT2D eigenvalue weighted by Crippen LogP contribution is 2.32. The third-order valence-electron chi connectivity index (χ3n) is 2.51. The first-order valence-corrected chi connectivity index (χ1v) is 6.93. The standard InChI is InChI=1S/C12H13F3N4OS/c1-4-16-8-5-9(19-10(18-8)12(13,14)15)21-11-17-6(2)7(3)20-11/h5H,4H2,1-3H3,(H,16,18,19). The van der Waals surface area contributed by atoms with Crippen LogP contribution in [-0.4, -0.2) is 21.5 Å². The first-order chi connectivity index (χ1) is 9.79. The minimum absolute atomic E-state index is 0.113. The van der Waals surface area contributed by atoms with Crippen molar-refractivity contribution >= 4 is 17.6 Å². The van der Waals surface area contributed by atoms with Gasteiger partial charge in [-0.25, -0.2) is 15.0 Å². The number of oxazole rings is 1. The average Bonchev–Trinajstić information content (AvgIpc) is 2.67. The van der Waals surface area contributed by atoms with Gasteiger partial charge in [-0.2, -0.15) is 13.2 Å². The fourth-order valence-corrected chi connectivity index (χ4v) is 2.28. The molecule has 2 aromatic heterocycles. The van der Waals surface area contributed by atoms with E-state index in [-0.39, 0.29) is 16.1 Å². The van der Waals surface area contributed by atoms with Crippen molar-refractivity contribution in [3.8, 4) is 0 Å². The summed E-state index contributed by atoms with van der Waals surface area (Å²) in [5.74, 6) is -0.458. The van der Waals surface area contributed by atoms with E-state index < -0.39 is 12.0 Å². The van der Waals surface area contributed by atoms with Crippen LogP contribution in [0.1, 0.15) is 24.2 Å². The molecule has 0 bridgehead atoms. The second-order valence-corrected chi connectivity index (χ2v) is 5.14. The summed E-state index contributed by atoms with van der Waals surface area (Å²) in [4.78, 5) is 11.1. The summed E-state index contributed by atoms with van der Waals surface area (Å²) < 4.78 is 43.7. The zero-order valence-corrected chi connectivity index (χ0v) is 12.4. The Labute approximate surface area is 123 Å². The van der Waals surface area contributed by atoms with Crippen molar-refractivity contribution in [1.82, 2.24) is 15.0 Å². The van der Waals surface area contributed by atoms with E-state index in [9.17, 15) is 13.2 Å². The summed E-state index contributed by atoms with van der Waals surface area (Å²) in [7, 11) is 0. The lowest BCUT2D eigenvalue weighted by molar-refractivity contribution is -0.145. The molecule has 114 valence electrons. The molecule has 0 aliphatic carbocycles. The molecule has 5 nitrogen and oxygen atoms in total. The Hall–Kier alpha value is -1.77. The van der Waals surface area contributed by atoms with Gasteiger partial charge in [-0.1, -0.05) is 0 Å². The van der Waals surface area contributed by atoms with Crippen LogP contribution in [0.4, 0.5) is 19.0 Å². The van der Waals surface area contributed by atoms with Crippen LogP contribution >= 0.6 is 11.8 Å². The van der Waals surface area contributed by atoms with Crippen LogP contribution in [0.25, 0.3) is 0 Å². The number of rotatable bonds is 4. The zero-order chi connectivity index (χ0) is 15.6.